The Morgan fingerprint density at radius 3 is 2.75 bits per heavy atom. The van der Waals surface area contributed by atoms with Crippen molar-refractivity contribution in [3.8, 4) is 0 Å². The second-order valence-corrected chi connectivity index (χ2v) is 8.31. The highest BCUT2D eigenvalue weighted by atomic mass is 19.1. The summed E-state index contributed by atoms with van der Waals surface area (Å²) in [4.78, 5) is 28.6. The Balaban J connectivity index is 1.33. The second-order valence-electron chi connectivity index (χ2n) is 8.31. The molecule has 0 bridgehead atoms. The first-order chi connectivity index (χ1) is 13.5. The number of carbonyl (C=O) groups is 2. The third-order valence-corrected chi connectivity index (χ3v) is 6.42. The average Bonchev–Trinajstić information content (AvgIpc) is 3.20. The molecule has 0 aliphatic carbocycles. The Hall–Kier alpha value is -2.15. The maximum Gasteiger partial charge on any atom is 0.321 e. The molecule has 3 aliphatic heterocycles. The number of para-hydroxylation sites is 1. The van der Waals surface area contributed by atoms with E-state index in [1.165, 1.54) is 6.07 Å². The van der Waals surface area contributed by atoms with Crippen molar-refractivity contribution in [3.05, 3.63) is 30.1 Å². The summed E-state index contributed by atoms with van der Waals surface area (Å²) >= 11 is 0. The van der Waals surface area contributed by atoms with Crippen LogP contribution in [0.15, 0.2) is 24.3 Å². The quantitative estimate of drug-likeness (QED) is 0.863. The van der Waals surface area contributed by atoms with Gasteiger partial charge in [0, 0.05) is 39.2 Å². The van der Waals surface area contributed by atoms with Gasteiger partial charge in [-0.1, -0.05) is 12.1 Å². The van der Waals surface area contributed by atoms with Gasteiger partial charge in [0.15, 0.2) is 0 Å². The Bertz CT molecular complexity index is 727. The lowest BCUT2D eigenvalue weighted by molar-refractivity contribution is -0.140. The molecule has 1 aromatic carbocycles. The molecule has 3 amide bonds. The fourth-order valence-corrected chi connectivity index (χ4v) is 4.65. The molecule has 0 unspecified atom stereocenters. The highest BCUT2D eigenvalue weighted by Gasteiger charge is 2.42. The van der Waals surface area contributed by atoms with Crippen LogP contribution in [-0.4, -0.2) is 60.6 Å². The first kappa shape index (κ1) is 19.2. The predicted octanol–water partition coefficient (Wildman–Crippen LogP) is 3.24. The van der Waals surface area contributed by atoms with Gasteiger partial charge in [-0.25, -0.2) is 9.18 Å². The standard InChI is InChI=1S/C21H28FN3O3/c22-17-5-1-2-6-18(17)23-20(27)24-11-9-21(10-12-24)8-7-19(26)25(15-21)14-16-4-3-13-28-16/h1-2,5-6,16H,3-4,7-15H2,(H,23,27)/t16-/m0/s1. The van der Waals surface area contributed by atoms with E-state index < -0.39 is 5.82 Å². The van der Waals surface area contributed by atoms with Crippen LogP contribution in [-0.2, 0) is 9.53 Å². The maximum absolute atomic E-state index is 13.8. The fraction of sp³-hybridized carbons (Fsp3) is 0.619. The molecule has 6 nitrogen and oxygen atoms in total. The van der Waals surface area contributed by atoms with Crippen molar-refractivity contribution < 1.29 is 18.7 Å². The fourth-order valence-electron chi connectivity index (χ4n) is 4.65. The molecule has 0 radical (unpaired) electrons. The Morgan fingerprint density at radius 1 is 1.25 bits per heavy atom. The number of likely N-dealkylation sites (tertiary alicyclic amines) is 2. The number of piperidine rings is 2. The third kappa shape index (κ3) is 4.14. The van der Waals surface area contributed by atoms with Gasteiger partial charge in [-0.15, -0.1) is 0 Å². The molecule has 3 saturated heterocycles. The summed E-state index contributed by atoms with van der Waals surface area (Å²) in [5.41, 5.74) is 0.292. The van der Waals surface area contributed by atoms with E-state index in [1.54, 1.807) is 23.1 Å². The van der Waals surface area contributed by atoms with Crippen molar-refractivity contribution in [2.45, 2.75) is 44.6 Å². The first-order valence-corrected chi connectivity index (χ1v) is 10.2. The third-order valence-electron chi connectivity index (χ3n) is 6.42. The molecular formula is C21H28FN3O3. The van der Waals surface area contributed by atoms with Crippen LogP contribution in [0.2, 0.25) is 0 Å². The molecule has 0 aromatic heterocycles. The van der Waals surface area contributed by atoms with E-state index in [-0.39, 0.29) is 29.1 Å². The lowest BCUT2D eigenvalue weighted by atomic mass is 9.72. The number of hydrogen-bond donors (Lipinski definition) is 1. The number of halogens is 1. The van der Waals surface area contributed by atoms with Gasteiger partial charge in [-0.3, -0.25) is 4.79 Å². The van der Waals surface area contributed by atoms with Gasteiger partial charge in [0.25, 0.3) is 0 Å². The molecule has 28 heavy (non-hydrogen) atoms. The summed E-state index contributed by atoms with van der Waals surface area (Å²) in [6, 6.07) is 5.94. The number of nitrogens with one attached hydrogen (secondary N) is 1. The minimum absolute atomic E-state index is 0.0846. The van der Waals surface area contributed by atoms with Crippen molar-refractivity contribution in [2.24, 2.45) is 5.41 Å². The minimum Gasteiger partial charge on any atom is -0.376 e. The van der Waals surface area contributed by atoms with E-state index >= 15 is 0 Å². The number of carbonyl (C=O) groups excluding carboxylic acids is 2. The SMILES string of the molecule is O=C1CCC2(CCN(C(=O)Nc3ccccc3F)CC2)CN1C[C@@H]1CCCO1. The number of nitrogens with zero attached hydrogens (tertiary/aromatic N) is 2. The number of rotatable bonds is 3. The topological polar surface area (TPSA) is 61.9 Å². The van der Waals surface area contributed by atoms with Crippen LogP contribution in [0, 0.1) is 11.2 Å². The first-order valence-electron chi connectivity index (χ1n) is 10.2. The molecular weight excluding hydrogens is 361 g/mol. The lowest BCUT2D eigenvalue weighted by Gasteiger charge is -2.47. The van der Waals surface area contributed by atoms with Crippen molar-refractivity contribution in [1.82, 2.24) is 9.80 Å². The summed E-state index contributed by atoms with van der Waals surface area (Å²) in [7, 11) is 0. The van der Waals surface area contributed by atoms with Crippen LogP contribution in [0.3, 0.4) is 0 Å². The number of ether oxygens (including phenoxy) is 1. The molecule has 1 aromatic rings. The predicted molar refractivity (Wildman–Crippen MR) is 103 cm³/mol. The summed E-state index contributed by atoms with van der Waals surface area (Å²) in [5.74, 6) is -0.208. The van der Waals surface area contributed by atoms with E-state index in [1.807, 2.05) is 4.90 Å². The zero-order valence-corrected chi connectivity index (χ0v) is 16.2. The zero-order valence-electron chi connectivity index (χ0n) is 16.2. The number of benzene rings is 1. The van der Waals surface area contributed by atoms with Gasteiger partial charge in [0.05, 0.1) is 11.8 Å². The average molecular weight is 389 g/mol. The van der Waals surface area contributed by atoms with Crippen molar-refractivity contribution in [3.63, 3.8) is 0 Å². The molecule has 1 atom stereocenters. The van der Waals surface area contributed by atoms with E-state index in [0.29, 0.717) is 26.1 Å². The Labute approximate surface area is 165 Å². The second kappa shape index (κ2) is 8.07. The summed E-state index contributed by atoms with van der Waals surface area (Å²) in [6.07, 6.45) is 5.47. The Kier molecular flexibility index (Phi) is 5.53. The molecule has 3 aliphatic rings. The molecule has 3 fully saturated rings. The largest absolute Gasteiger partial charge is 0.376 e. The van der Waals surface area contributed by atoms with Crippen molar-refractivity contribution in [1.29, 1.82) is 0 Å². The smallest absolute Gasteiger partial charge is 0.321 e. The number of hydrogen-bond acceptors (Lipinski definition) is 3. The molecule has 3 heterocycles. The highest BCUT2D eigenvalue weighted by molar-refractivity contribution is 5.89. The normalized spacial score (nSPS) is 24.6. The van der Waals surface area contributed by atoms with Crippen LogP contribution >= 0.6 is 0 Å². The van der Waals surface area contributed by atoms with Crippen LogP contribution < -0.4 is 5.32 Å². The number of amides is 3. The van der Waals surface area contributed by atoms with E-state index in [0.717, 1.165) is 45.3 Å². The molecule has 1 spiro atoms. The molecule has 152 valence electrons. The van der Waals surface area contributed by atoms with Crippen LogP contribution in [0.1, 0.15) is 38.5 Å². The van der Waals surface area contributed by atoms with Gasteiger partial charge in [-0.05, 0) is 49.7 Å². The number of urea groups is 1. The van der Waals surface area contributed by atoms with E-state index in [2.05, 4.69) is 5.32 Å². The van der Waals surface area contributed by atoms with Gasteiger partial charge in [0.2, 0.25) is 5.91 Å². The van der Waals surface area contributed by atoms with Gasteiger partial charge < -0.3 is 19.9 Å². The van der Waals surface area contributed by atoms with Crippen LogP contribution in [0.25, 0.3) is 0 Å². The van der Waals surface area contributed by atoms with E-state index in [9.17, 15) is 14.0 Å². The van der Waals surface area contributed by atoms with Crippen molar-refractivity contribution >= 4 is 17.6 Å². The monoisotopic (exact) mass is 389 g/mol. The maximum atomic E-state index is 13.8. The van der Waals surface area contributed by atoms with Crippen LogP contribution in [0.4, 0.5) is 14.9 Å². The summed E-state index contributed by atoms with van der Waals surface area (Å²) in [6.45, 7) is 3.50. The van der Waals surface area contributed by atoms with E-state index in [4.69, 9.17) is 4.74 Å². The lowest BCUT2D eigenvalue weighted by Crippen LogP contribution is -2.54. The van der Waals surface area contributed by atoms with Gasteiger partial charge in [0.1, 0.15) is 5.82 Å². The molecule has 4 rings (SSSR count). The number of anilines is 1. The Morgan fingerprint density at radius 2 is 2.04 bits per heavy atom. The molecule has 7 heteroatoms. The molecule has 1 N–H and O–H groups in total. The zero-order chi connectivity index (χ0) is 19.6. The van der Waals surface area contributed by atoms with Crippen LogP contribution in [0.5, 0.6) is 0 Å². The van der Waals surface area contributed by atoms with Gasteiger partial charge in [-0.2, -0.15) is 0 Å². The van der Waals surface area contributed by atoms with Crippen molar-refractivity contribution in [2.75, 3.05) is 38.1 Å². The summed E-state index contributed by atoms with van der Waals surface area (Å²) < 4.78 is 19.5. The van der Waals surface area contributed by atoms with Gasteiger partial charge >= 0.3 is 6.03 Å². The minimum atomic E-state index is -0.431. The highest BCUT2D eigenvalue weighted by Crippen LogP contribution is 2.40. The molecule has 0 saturated carbocycles. The summed E-state index contributed by atoms with van der Waals surface area (Å²) in [5, 5.41) is 2.67.